The second-order valence-electron chi connectivity index (χ2n) is 5.45. The van der Waals surface area contributed by atoms with E-state index in [1.165, 1.54) is 42.7 Å². The highest BCUT2D eigenvalue weighted by molar-refractivity contribution is 5.48. The van der Waals surface area contributed by atoms with Crippen LogP contribution in [0.1, 0.15) is 24.0 Å². The van der Waals surface area contributed by atoms with Gasteiger partial charge in [-0.15, -0.1) is 0 Å². The van der Waals surface area contributed by atoms with E-state index in [0.717, 1.165) is 13.1 Å². The van der Waals surface area contributed by atoms with Crippen LogP contribution in [0.3, 0.4) is 0 Å². The van der Waals surface area contributed by atoms with E-state index in [4.69, 9.17) is 0 Å². The lowest BCUT2D eigenvalue weighted by atomic mass is 10.2. The average molecular weight is 266 g/mol. The number of hydrogen-bond acceptors (Lipinski definition) is 2. The summed E-state index contributed by atoms with van der Waals surface area (Å²) in [7, 11) is 0. The number of hydrogen-bond donors (Lipinski definition) is 1. The molecule has 1 aliphatic rings. The highest BCUT2D eigenvalue weighted by atomic mass is 15.1. The van der Waals surface area contributed by atoms with Crippen LogP contribution in [0, 0.1) is 0 Å². The van der Waals surface area contributed by atoms with E-state index in [1.54, 1.807) is 0 Å². The van der Waals surface area contributed by atoms with Crippen molar-refractivity contribution in [3.8, 4) is 0 Å². The third kappa shape index (κ3) is 3.40. The fourth-order valence-electron chi connectivity index (χ4n) is 2.75. The minimum Gasteiger partial charge on any atom is -0.372 e. The van der Waals surface area contributed by atoms with Crippen molar-refractivity contribution in [2.24, 2.45) is 0 Å². The first kappa shape index (κ1) is 13.2. The van der Waals surface area contributed by atoms with Gasteiger partial charge in [0.15, 0.2) is 0 Å². The molecule has 1 saturated heterocycles. The SMILES string of the molecule is c1ccc(CNCc2ccc(N3CCCC3)cc2)cc1. The normalized spacial score (nSPS) is 14.7. The second kappa shape index (κ2) is 6.58. The molecule has 1 fully saturated rings. The Kier molecular flexibility index (Phi) is 4.34. The molecule has 1 N–H and O–H groups in total. The summed E-state index contributed by atoms with van der Waals surface area (Å²) in [5.74, 6) is 0. The predicted molar refractivity (Wildman–Crippen MR) is 84.9 cm³/mol. The number of anilines is 1. The van der Waals surface area contributed by atoms with E-state index >= 15 is 0 Å². The van der Waals surface area contributed by atoms with E-state index in [-0.39, 0.29) is 0 Å². The van der Waals surface area contributed by atoms with Gasteiger partial charge >= 0.3 is 0 Å². The van der Waals surface area contributed by atoms with Crippen LogP contribution < -0.4 is 10.2 Å². The van der Waals surface area contributed by atoms with Crippen molar-refractivity contribution in [3.05, 3.63) is 65.7 Å². The van der Waals surface area contributed by atoms with E-state index in [9.17, 15) is 0 Å². The molecule has 20 heavy (non-hydrogen) atoms. The molecule has 0 amide bonds. The summed E-state index contributed by atoms with van der Waals surface area (Å²) < 4.78 is 0. The van der Waals surface area contributed by atoms with Crippen LogP contribution in [0.25, 0.3) is 0 Å². The van der Waals surface area contributed by atoms with Gasteiger partial charge in [-0.05, 0) is 36.1 Å². The van der Waals surface area contributed by atoms with Gasteiger partial charge in [0.25, 0.3) is 0 Å². The number of rotatable bonds is 5. The Morgan fingerprint density at radius 1 is 0.750 bits per heavy atom. The molecular weight excluding hydrogens is 244 g/mol. The van der Waals surface area contributed by atoms with Gasteiger partial charge in [-0.25, -0.2) is 0 Å². The van der Waals surface area contributed by atoms with Gasteiger partial charge < -0.3 is 10.2 Å². The lowest BCUT2D eigenvalue weighted by Crippen LogP contribution is -2.17. The fraction of sp³-hybridized carbons (Fsp3) is 0.333. The van der Waals surface area contributed by atoms with Crippen molar-refractivity contribution >= 4 is 5.69 Å². The summed E-state index contributed by atoms with van der Waals surface area (Å²) in [6.07, 6.45) is 2.67. The van der Waals surface area contributed by atoms with Gasteiger partial charge in [0.1, 0.15) is 0 Å². The molecule has 104 valence electrons. The van der Waals surface area contributed by atoms with Crippen LogP contribution in [0.15, 0.2) is 54.6 Å². The molecule has 2 nitrogen and oxygen atoms in total. The Bertz CT molecular complexity index is 513. The summed E-state index contributed by atoms with van der Waals surface area (Å²) >= 11 is 0. The lowest BCUT2D eigenvalue weighted by Gasteiger charge is -2.17. The summed E-state index contributed by atoms with van der Waals surface area (Å²) in [6, 6.07) is 19.5. The molecule has 0 unspecified atom stereocenters. The molecule has 2 heteroatoms. The van der Waals surface area contributed by atoms with Crippen LogP contribution in [-0.4, -0.2) is 13.1 Å². The molecule has 2 aromatic carbocycles. The zero-order chi connectivity index (χ0) is 13.6. The van der Waals surface area contributed by atoms with Crippen molar-refractivity contribution < 1.29 is 0 Å². The first-order valence-corrected chi connectivity index (χ1v) is 7.50. The zero-order valence-electron chi connectivity index (χ0n) is 11.9. The largest absolute Gasteiger partial charge is 0.372 e. The minimum absolute atomic E-state index is 0.925. The molecule has 0 bridgehead atoms. The topological polar surface area (TPSA) is 15.3 Å². The molecule has 0 atom stereocenters. The summed E-state index contributed by atoms with van der Waals surface area (Å²) in [5, 5.41) is 3.49. The van der Waals surface area contributed by atoms with E-state index in [0.29, 0.717) is 0 Å². The molecule has 0 spiro atoms. The molecular formula is C18H22N2. The highest BCUT2D eigenvalue weighted by Gasteiger charge is 2.11. The molecule has 0 saturated carbocycles. The molecule has 0 aliphatic carbocycles. The van der Waals surface area contributed by atoms with Crippen molar-refractivity contribution in [3.63, 3.8) is 0 Å². The van der Waals surface area contributed by atoms with Crippen LogP contribution in [-0.2, 0) is 13.1 Å². The average Bonchev–Trinajstić information content (AvgIpc) is 3.03. The maximum absolute atomic E-state index is 3.49. The van der Waals surface area contributed by atoms with Gasteiger partial charge in [0, 0.05) is 31.9 Å². The standard InChI is InChI=1S/C18H22N2/c1-2-6-16(7-3-1)14-19-15-17-8-10-18(11-9-17)20-12-4-5-13-20/h1-3,6-11,19H,4-5,12-15H2. The maximum atomic E-state index is 3.49. The van der Waals surface area contributed by atoms with Crippen LogP contribution in [0.4, 0.5) is 5.69 Å². The van der Waals surface area contributed by atoms with Gasteiger partial charge in [-0.2, -0.15) is 0 Å². The second-order valence-corrected chi connectivity index (χ2v) is 5.45. The predicted octanol–water partition coefficient (Wildman–Crippen LogP) is 3.58. The number of benzene rings is 2. The highest BCUT2D eigenvalue weighted by Crippen LogP contribution is 2.20. The molecule has 3 rings (SSSR count). The van der Waals surface area contributed by atoms with Crippen molar-refractivity contribution in [1.82, 2.24) is 5.32 Å². The van der Waals surface area contributed by atoms with Gasteiger partial charge in [-0.1, -0.05) is 42.5 Å². The van der Waals surface area contributed by atoms with Crippen LogP contribution in [0.5, 0.6) is 0 Å². The van der Waals surface area contributed by atoms with Crippen molar-refractivity contribution in [2.45, 2.75) is 25.9 Å². The molecule has 0 radical (unpaired) electrons. The Morgan fingerprint density at radius 3 is 2.00 bits per heavy atom. The van der Waals surface area contributed by atoms with E-state index in [1.807, 2.05) is 0 Å². The quantitative estimate of drug-likeness (QED) is 0.890. The lowest BCUT2D eigenvalue weighted by molar-refractivity contribution is 0.693. The molecule has 1 aliphatic heterocycles. The van der Waals surface area contributed by atoms with Gasteiger partial charge in [-0.3, -0.25) is 0 Å². The minimum atomic E-state index is 0.925. The first-order valence-electron chi connectivity index (χ1n) is 7.50. The van der Waals surface area contributed by atoms with E-state index < -0.39 is 0 Å². The molecule has 1 heterocycles. The van der Waals surface area contributed by atoms with Crippen LogP contribution >= 0.6 is 0 Å². The molecule has 0 aromatic heterocycles. The number of nitrogens with one attached hydrogen (secondary N) is 1. The van der Waals surface area contributed by atoms with Crippen LogP contribution in [0.2, 0.25) is 0 Å². The third-order valence-corrected chi connectivity index (χ3v) is 3.91. The monoisotopic (exact) mass is 266 g/mol. The number of nitrogens with zero attached hydrogens (tertiary/aromatic N) is 1. The Balaban J connectivity index is 1.50. The zero-order valence-corrected chi connectivity index (χ0v) is 11.9. The Morgan fingerprint density at radius 2 is 1.35 bits per heavy atom. The summed E-state index contributed by atoms with van der Waals surface area (Å²) in [4.78, 5) is 2.47. The third-order valence-electron chi connectivity index (χ3n) is 3.91. The van der Waals surface area contributed by atoms with Gasteiger partial charge in [0.2, 0.25) is 0 Å². The van der Waals surface area contributed by atoms with E-state index in [2.05, 4.69) is 64.8 Å². The van der Waals surface area contributed by atoms with Crippen molar-refractivity contribution in [2.75, 3.05) is 18.0 Å². The first-order chi connectivity index (χ1) is 9.92. The maximum Gasteiger partial charge on any atom is 0.0366 e. The molecule has 2 aromatic rings. The fourth-order valence-corrected chi connectivity index (χ4v) is 2.75. The van der Waals surface area contributed by atoms with Gasteiger partial charge in [0.05, 0.1) is 0 Å². The Hall–Kier alpha value is -1.80. The summed E-state index contributed by atoms with van der Waals surface area (Å²) in [5.41, 5.74) is 4.05. The smallest absolute Gasteiger partial charge is 0.0366 e. The summed E-state index contributed by atoms with van der Waals surface area (Å²) in [6.45, 7) is 4.28. The Labute approximate surface area is 121 Å². The van der Waals surface area contributed by atoms with Crippen molar-refractivity contribution in [1.29, 1.82) is 0 Å².